The van der Waals surface area contributed by atoms with Crippen molar-refractivity contribution in [1.29, 1.82) is 0 Å². The number of methoxy groups -OCH3 is 1. The zero-order valence-corrected chi connectivity index (χ0v) is 14.3. The Kier molecular flexibility index (Phi) is 7.80. The van der Waals surface area contributed by atoms with E-state index < -0.39 is 6.04 Å². The first kappa shape index (κ1) is 18.4. The van der Waals surface area contributed by atoms with E-state index in [0.29, 0.717) is 17.7 Å². The first-order chi connectivity index (χ1) is 10.5. The molecule has 0 aliphatic carbocycles. The van der Waals surface area contributed by atoms with Gasteiger partial charge >= 0.3 is 0 Å². The quantitative estimate of drug-likeness (QED) is 0.768. The number of hydrogen-bond donors (Lipinski definition) is 2. The van der Waals surface area contributed by atoms with Gasteiger partial charge in [0.25, 0.3) is 5.91 Å². The third-order valence-electron chi connectivity index (χ3n) is 3.01. The summed E-state index contributed by atoms with van der Waals surface area (Å²) in [6.45, 7) is 3.79. The molecular formula is C16H24N2O3S. The van der Waals surface area contributed by atoms with Crippen LogP contribution >= 0.6 is 11.8 Å². The van der Waals surface area contributed by atoms with Crippen molar-refractivity contribution in [2.45, 2.75) is 32.4 Å². The molecule has 0 heterocycles. The lowest BCUT2D eigenvalue weighted by atomic mass is 10.1. The van der Waals surface area contributed by atoms with Gasteiger partial charge in [-0.05, 0) is 44.4 Å². The van der Waals surface area contributed by atoms with E-state index in [1.165, 1.54) is 7.11 Å². The summed E-state index contributed by atoms with van der Waals surface area (Å²) in [4.78, 5) is 24.6. The van der Waals surface area contributed by atoms with E-state index in [-0.39, 0.29) is 17.9 Å². The standard InChI is InChI=1S/C16H24N2O3S/c1-11(2)17-16(20)13(9-10-22-4)18-15(19)12-7-5-6-8-14(12)21-3/h5-8,11,13H,9-10H2,1-4H3,(H,17,20)(H,18,19). The molecule has 0 saturated heterocycles. The van der Waals surface area contributed by atoms with Crippen LogP contribution in [0.25, 0.3) is 0 Å². The van der Waals surface area contributed by atoms with Crippen LogP contribution in [0.1, 0.15) is 30.6 Å². The van der Waals surface area contributed by atoms with Crippen molar-refractivity contribution in [2.75, 3.05) is 19.1 Å². The Morgan fingerprint density at radius 3 is 2.50 bits per heavy atom. The van der Waals surface area contributed by atoms with Crippen molar-refractivity contribution in [3.05, 3.63) is 29.8 Å². The molecule has 2 amide bonds. The average molecular weight is 324 g/mol. The Hall–Kier alpha value is -1.69. The molecule has 1 aromatic rings. The van der Waals surface area contributed by atoms with E-state index in [9.17, 15) is 9.59 Å². The second-order valence-corrected chi connectivity index (χ2v) is 6.16. The average Bonchev–Trinajstić information content (AvgIpc) is 2.50. The van der Waals surface area contributed by atoms with E-state index >= 15 is 0 Å². The van der Waals surface area contributed by atoms with Crippen molar-refractivity contribution in [3.63, 3.8) is 0 Å². The summed E-state index contributed by atoms with van der Waals surface area (Å²) in [5.41, 5.74) is 0.427. The molecule has 1 aromatic carbocycles. The lowest BCUT2D eigenvalue weighted by Gasteiger charge is -2.20. The molecule has 6 heteroatoms. The molecule has 0 bridgehead atoms. The summed E-state index contributed by atoms with van der Waals surface area (Å²) in [5, 5.41) is 5.65. The van der Waals surface area contributed by atoms with Crippen molar-refractivity contribution >= 4 is 23.6 Å². The third-order valence-corrected chi connectivity index (χ3v) is 3.66. The zero-order valence-electron chi connectivity index (χ0n) is 13.5. The van der Waals surface area contributed by atoms with Crippen LogP contribution in [0.4, 0.5) is 0 Å². The summed E-state index contributed by atoms with van der Waals surface area (Å²) < 4.78 is 5.19. The van der Waals surface area contributed by atoms with Gasteiger partial charge < -0.3 is 15.4 Å². The highest BCUT2D eigenvalue weighted by molar-refractivity contribution is 7.98. The molecule has 0 aromatic heterocycles. The van der Waals surface area contributed by atoms with Crippen molar-refractivity contribution in [3.8, 4) is 5.75 Å². The second kappa shape index (κ2) is 9.35. The number of benzene rings is 1. The topological polar surface area (TPSA) is 67.4 Å². The first-order valence-electron chi connectivity index (χ1n) is 7.22. The molecule has 0 aliphatic rings. The van der Waals surface area contributed by atoms with Crippen LogP contribution in [0.5, 0.6) is 5.75 Å². The van der Waals surface area contributed by atoms with Gasteiger partial charge in [0.15, 0.2) is 0 Å². The van der Waals surface area contributed by atoms with Crippen LogP contribution in [-0.2, 0) is 4.79 Å². The fourth-order valence-electron chi connectivity index (χ4n) is 1.96. The van der Waals surface area contributed by atoms with Crippen molar-refractivity contribution < 1.29 is 14.3 Å². The number of rotatable bonds is 8. The minimum atomic E-state index is -0.549. The molecule has 0 radical (unpaired) electrons. The number of para-hydroxylation sites is 1. The Morgan fingerprint density at radius 2 is 1.91 bits per heavy atom. The molecule has 0 spiro atoms. The number of ether oxygens (including phenoxy) is 1. The van der Waals surface area contributed by atoms with Gasteiger partial charge in [0.05, 0.1) is 12.7 Å². The van der Waals surface area contributed by atoms with Gasteiger partial charge in [-0.25, -0.2) is 0 Å². The summed E-state index contributed by atoms with van der Waals surface area (Å²) in [7, 11) is 1.52. The van der Waals surface area contributed by atoms with Crippen molar-refractivity contribution in [1.82, 2.24) is 10.6 Å². The Morgan fingerprint density at radius 1 is 1.23 bits per heavy atom. The highest BCUT2D eigenvalue weighted by Crippen LogP contribution is 2.17. The molecule has 0 aliphatic heterocycles. The molecule has 22 heavy (non-hydrogen) atoms. The highest BCUT2D eigenvalue weighted by atomic mass is 32.2. The Labute approximate surface area is 136 Å². The number of carbonyl (C=O) groups is 2. The van der Waals surface area contributed by atoms with Gasteiger partial charge in [0.2, 0.25) is 5.91 Å². The molecule has 1 rings (SSSR count). The number of amides is 2. The number of hydrogen-bond acceptors (Lipinski definition) is 4. The van der Waals surface area contributed by atoms with Crippen LogP contribution in [0.15, 0.2) is 24.3 Å². The lowest BCUT2D eigenvalue weighted by Crippen LogP contribution is -2.48. The third kappa shape index (κ3) is 5.60. The monoisotopic (exact) mass is 324 g/mol. The van der Waals surface area contributed by atoms with E-state index in [4.69, 9.17) is 4.74 Å². The Bertz CT molecular complexity index is 506. The van der Waals surface area contributed by atoms with Crippen LogP contribution < -0.4 is 15.4 Å². The number of nitrogens with one attached hydrogen (secondary N) is 2. The van der Waals surface area contributed by atoms with Crippen LogP contribution in [0.2, 0.25) is 0 Å². The smallest absolute Gasteiger partial charge is 0.255 e. The molecule has 0 saturated carbocycles. The normalized spacial score (nSPS) is 11.9. The maximum Gasteiger partial charge on any atom is 0.255 e. The first-order valence-corrected chi connectivity index (χ1v) is 8.62. The minimum Gasteiger partial charge on any atom is -0.496 e. The SMILES string of the molecule is COc1ccccc1C(=O)NC(CCSC)C(=O)NC(C)C. The molecule has 5 nitrogen and oxygen atoms in total. The van der Waals surface area contributed by atoms with Crippen molar-refractivity contribution in [2.24, 2.45) is 0 Å². The van der Waals surface area contributed by atoms with Crippen LogP contribution in [0, 0.1) is 0 Å². The number of thioether (sulfide) groups is 1. The Balaban J connectivity index is 2.83. The molecular weight excluding hydrogens is 300 g/mol. The van der Waals surface area contributed by atoms with E-state index in [2.05, 4.69) is 10.6 Å². The van der Waals surface area contributed by atoms with E-state index in [1.807, 2.05) is 20.1 Å². The predicted molar refractivity (Wildman–Crippen MR) is 90.5 cm³/mol. The summed E-state index contributed by atoms with van der Waals surface area (Å²) >= 11 is 1.64. The second-order valence-electron chi connectivity index (χ2n) is 5.17. The zero-order chi connectivity index (χ0) is 16.5. The number of carbonyl (C=O) groups excluding carboxylic acids is 2. The van der Waals surface area contributed by atoms with E-state index in [0.717, 1.165) is 5.75 Å². The van der Waals surface area contributed by atoms with Gasteiger partial charge in [-0.3, -0.25) is 9.59 Å². The maximum atomic E-state index is 12.4. The summed E-state index contributed by atoms with van der Waals surface area (Å²) in [5.74, 6) is 0.824. The fraction of sp³-hybridized carbons (Fsp3) is 0.500. The van der Waals surface area contributed by atoms with Gasteiger partial charge in [0, 0.05) is 6.04 Å². The highest BCUT2D eigenvalue weighted by Gasteiger charge is 2.22. The largest absolute Gasteiger partial charge is 0.496 e. The molecule has 1 atom stereocenters. The summed E-state index contributed by atoms with van der Waals surface area (Å²) in [6, 6.07) is 6.45. The molecule has 0 fully saturated rings. The predicted octanol–water partition coefficient (Wildman–Crippen LogP) is 2.07. The molecule has 2 N–H and O–H groups in total. The van der Waals surface area contributed by atoms with Gasteiger partial charge in [-0.2, -0.15) is 11.8 Å². The van der Waals surface area contributed by atoms with E-state index in [1.54, 1.807) is 36.0 Å². The van der Waals surface area contributed by atoms with Gasteiger partial charge in [-0.15, -0.1) is 0 Å². The lowest BCUT2D eigenvalue weighted by molar-refractivity contribution is -0.123. The van der Waals surface area contributed by atoms with Gasteiger partial charge in [0.1, 0.15) is 11.8 Å². The fourth-order valence-corrected chi connectivity index (χ4v) is 2.43. The van der Waals surface area contributed by atoms with Crippen LogP contribution in [0.3, 0.4) is 0 Å². The summed E-state index contributed by atoms with van der Waals surface area (Å²) in [6.07, 6.45) is 2.56. The maximum absolute atomic E-state index is 12.4. The van der Waals surface area contributed by atoms with Crippen LogP contribution in [-0.4, -0.2) is 43.0 Å². The molecule has 122 valence electrons. The molecule has 1 unspecified atom stereocenters. The minimum absolute atomic E-state index is 0.0347. The van der Waals surface area contributed by atoms with Gasteiger partial charge in [-0.1, -0.05) is 12.1 Å².